The van der Waals surface area contributed by atoms with Gasteiger partial charge >= 0.3 is 5.97 Å². The highest BCUT2D eigenvalue weighted by molar-refractivity contribution is 7.10. The molecule has 1 aromatic carbocycles. The molecule has 1 atom stereocenters. The van der Waals surface area contributed by atoms with E-state index in [0.29, 0.717) is 38.7 Å². The number of nitrogens with zero attached hydrogens (tertiary/aromatic N) is 2. The van der Waals surface area contributed by atoms with Crippen molar-refractivity contribution in [1.29, 1.82) is 0 Å². The fourth-order valence-electron chi connectivity index (χ4n) is 3.78. The molecule has 0 amide bonds. The number of thiazole rings is 1. The number of thiophene rings is 1. The van der Waals surface area contributed by atoms with Crippen LogP contribution in [0, 0.1) is 0 Å². The van der Waals surface area contributed by atoms with Crippen molar-refractivity contribution in [1.82, 2.24) is 4.57 Å². The molecule has 0 aliphatic carbocycles. The van der Waals surface area contributed by atoms with Crippen LogP contribution in [0.5, 0.6) is 11.5 Å². The van der Waals surface area contributed by atoms with E-state index in [1.807, 2.05) is 42.6 Å². The highest BCUT2D eigenvalue weighted by Crippen LogP contribution is 2.33. The van der Waals surface area contributed by atoms with Crippen LogP contribution >= 0.6 is 22.7 Å². The zero-order valence-corrected chi connectivity index (χ0v) is 21.3. The smallest absolute Gasteiger partial charge is 0.338 e. The molecular formula is C25H26N2O5S2. The van der Waals surface area contributed by atoms with Crippen LogP contribution in [0.15, 0.2) is 56.8 Å². The van der Waals surface area contributed by atoms with E-state index in [1.165, 1.54) is 22.7 Å². The van der Waals surface area contributed by atoms with E-state index in [2.05, 4.69) is 4.99 Å². The fourth-order valence-corrected chi connectivity index (χ4v) is 5.65. The lowest BCUT2D eigenvalue weighted by Crippen LogP contribution is -2.39. The minimum Gasteiger partial charge on any atom is -0.493 e. The number of carbonyl (C=O) groups excluding carboxylic acids is 1. The molecule has 0 fully saturated rings. The first-order valence-corrected chi connectivity index (χ1v) is 12.6. The number of carbonyl (C=O) groups is 1. The summed E-state index contributed by atoms with van der Waals surface area (Å²) >= 11 is 2.78. The summed E-state index contributed by atoms with van der Waals surface area (Å²) in [5, 5.41) is 1.93. The molecule has 178 valence electrons. The maximum Gasteiger partial charge on any atom is 0.338 e. The molecule has 0 N–H and O–H groups in total. The zero-order chi connectivity index (χ0) is 24.4. The monoisotopic (exact) mass is 498 g/mol. The molecular weight excluding hydrogens is 472 g/mol. The van der Waals surface area contributed by atoms with Crippen LogP contribution in [0.25, 0.3) is 6.08 Å². The van der Waals surface area contributed by atoms with Crippen LogP contribution < -0.4 is 24.4 Å². The number of ether oxygens (including phenoxy) is 3. The Balaban J connectivity index is 1.86. The van der Waals surface area contributed by atoms with Gasteiger partial charge in [0, 0.05) is 4.88 Å². The molecule has 1 aliphatic rings. The summed E-state index contributed by atoms with van der Waals surface area (Å²) in [6.07, 6.45) is 1.52. The number of aromatic nitrogens is 1. The number of hydrogen-bond donors (Lipinski definition) is 0. The van der Waals surface area contributed by atoms with E-state index in [4.69, 9.17) is 14.2 Å². The Kier molecular flexibility index (Phi) is 7.04. The Morgan fingerprint density at radius 3 is 2.71 bits per heavy atom. The molecule has 4 rings (SSSR count). The first-order chi connectivity index (χ1) is 16.3. The molecule has 1 aliphatic heterocycles. The number of fused-ring (bicyclic) bond motifs is 1. The predicted molar refractivity (Wildman–Crippen MR) is 133 cm³/mol. The molecule has 34 heavy (non-hydrogen) atoms. The second-order valence-corrected chi connectivity index (χ2v) is 9.88. The minimum atomic E-state index is -0.584. The largest absolute Gasteiger partial charge is 0.493 e. The molecule has 0 saturated carbocycles. The van der Waals surface area contributed by atoms with Crippen LogP contribution in [0.3, 0.4) is 0 Å². The van der Waals surface area contributed by atoms with Crippen LogP contribution in [-0.2, 0) is 9.53 Å². The van der Waals surface area contributed by atoms with Crippen LogP contribution in [0.1, 0.15) is 44.2 Å². The van der Waals surface area contributed by atoms with E-state index in [1.54, 1.807) is 38.5 Å². The van der Waals surface area contributed by atoms with E-state index in [-0.39, 0.29) is 11.7 Å². The van der Waals surface area contributed by atoms with Gasteiger partial charge in [0.1, 0.15) is 6.04 Å². The number of rotatable bonds is 7. The molecule has 0 unspecified atom stereocenters. The molecule has 3 heterocycles. The Hall–Kier alpha value is -3.17. The third-order valence-corrected chi connectivity index (χ3v) is 7.09. The van der Waals surface area contributed by atoms with Gasteiger partial charge in [0.2, 0.25) is 0 Å². The Morgan fingerprint density at radius 1 is 1.26 bits per heavy atom. The van der Waals surface area contributed by atoms with Gasteiger partial charge in [-0.25, -0.2) is 9.79 Å². The van der Waals surface area contributed by atoms with Crippen LogP contribution in [0.2, 0.25) is 0 Å². The van der Waals surface area contributed by atoms with Crippen molar-refractivity contribution in [3.05, 3.63) is 77.1 Å². The molecule has 0 radical (unpaired) electrons. The lowest BCUT2D eigenvalue weighted by molar-refractivity contribution is -0.143. The van der Waals surface area contributed by atoms with Crippen molar-refractivity contribution in [2.45, 2.75) is 39.8 Å². The van der Waals surface area contributed by atoms with Gasteiger partial charge in [-0.2, -0.15) is 0 Å². The summed E-state index contributed by atoms with van der Waals surface area (Å²) in [5.74, 6) is 0.778. The predicted octanol–water partition coefficient (Wildman–Crippen LogP) is 3.66. The van der Waals surface area contributed by atoms with E-state index in [9.17, 15) is 9.59 Å². The van der Waals surface area contributed by atoms with Crippen molar-refractivity contribution in [3.8, 4) is 11.5 Å². The number of benzene rings is 1. The van der Waals surface area contributed by atoms with Gasteiger partial charge in [0.15, 0.2) is 16.3 Å². The minimum absolute atomic E-state index is 0.211. The van der Waals surface area contributed by atoms with Gasteiger partial charge in [-0.15, -0.1) is 11.3 Å². The topological polar surface area (TPSA) is 79.1 Å². The van der Waals surface area contributed by atoms with Crippen molar-refractivity contribution in [3.63, 3.8) is 0 Å². The van der Waals surface area contributed by atoms with E-state index in [0.717, 1.165) is 10.4 Å². The molecule has 7 nitrogen and oxygen atoms in total. The Morgan fingerprint density at radius 2 is 2.06 bits per heavy atom. The lowest BCUT2D eigenvalue weighted by Gasteiger charge is -2.24. The summed E-state index contributed by atoms with van der Waals surface area (Å²) in [6, 6.07) is 8.77. The zero-order valence-electron chi connectivity index (χ0n) is 19.7. The number of methoxy groups -OCH3 is 1. The quantitative estimate of drug-likeness (QED) is 0.465. The van der Waals surface area contributed by atoms with Crippen molar-refractivity contribution >= 4 is 34.7 Å². The highest BCUT2D eigenvalue weighted by atomic mass is 32.1. The maximum atomic E-state index is 13.6. The normalized spacial score (nSPS) is 15.8. The lowest BCUT2D eigenvalue weighted by atomic mass is 10.0. The average molecular weight is 499 g/mol. The van der Waals surface area contributed by atoms with Gasteiger partial charge in [-0.1, -0.05) is 23.5 Å². The van der Waals surface area contributed by atoms with Gasteiger partial charge in [-0.05, 0) is 62.9 Å². The van der Waals surface area contributed by atoms with Gasteiger partial charge in [0.25, 0.3) is 5.56 Å². The SMILES string of the molecule is CCOc1ccc(/C=c2\sc3n(c2=O)[C@@H](c2cccs2)C(C(=O)OC(C)C)=C(C)N=3)cc1OC. The molecule has 0 spiro atoms. The first-order valence-electron chi connectivity index (χ1n) is 10.9. The van der Waals surface area contributed by atoms with E-state index < -0.39 is 12.0 Å². The van der Waals surface area contributed by atoms with Crippen molar-refractivity contribution in [2.24, 2.45) is 4.99 Å². The highest BCUT2D eigenvalue weighted by Gasteiger charge is 2.34. The van der Waals surface area contributed by atoms with Gasteiger partial charge < -0.3 is 14.2 Å². The van der Waals surface area contributed by atoms with Crippen LogP contribution in [0.4, 0.5) is 0 Å². The first kappa shape index (κ1) is 24.0. The standard InChI is InChI=1S/C25H26N2O5S2/c1-6-31-17-10-9-16(12-18(17)30-5)13-20-23(28)27-22(19-8-7-11-33-19)21(24(29)32-14(2)3)15(4)26-25(27)34-20/h7-14,22H,6H2,1-5H3/b20-13-/t22-/m0/s1. The second-order valence-electron chi connectivity index (χ2n) is 7.89. The Labute approximate surface area is 205 Å². The maximum absolute atomic E-state index is 13.6. The summed E-state index contributed by atoms with van der Waals surface area (Å²) in [6.45, 7) is 7.82. The van der Waals surface area contributed by atoms with Crippen molar-refractivity contribution < 1.29 is 19.0 Å². The van der Waals surface area contributed by atoms with Gasteiger partial charge in [0.05, 0.1) is 35.6 Å². The average Bonchev–Trinajstić information content (AvgIpc) is 3.42. The molecule has 9 heteroatoms. The third kappa shape index (κ3) is 4.58. The van der Waals surface area contributed by atoms with E-state index >= 15 is 0 Å². The number of esters is 1. The summed E-state index contributed by atoms with van der Waals surface area (Å²) < 4.78 is 18.6. The van der Waals surface area contributed by atoms with Crippen LogP contribution in [-0.4, -0.2) is 30.4 Å². The number of allylic oxidation sites excluding steroid dienone is 1. The second kappa shape index (κ2) is 9.99. The molecule has 0 bridgehead atoms. The number of hydrogen-bond acceptors (Lipinski definition) is 8. The summed E-state index contributed by atoms with van der Waals surface area (Å²) in [5.41, 5.74) is 1.53. The van der Waals surface area contributed by atoms with Crippen molar-refractivity contribution in [2.75, 3.05) is 13.7 Å². The fraction of sp³-hybridized carbons (Fsp3) is 0.320. The van der Waals surface area contributed by atoms with Gasteiger partial charge in [-0.3, -0.25) is 9.36 Å². The Bertz CT molecular complexity index is 1410. The summed E-state index contributed by atoms with van der Waals surface area (Å²) in [4.78, 5) is 32.7. The third-order valence-electron chi connectivity index (χ3n) is 5.18. The molecule has 0 saturated heterocycles. The summed E-state index contributed by atoms with van der Waals surface area (Å²) in [7, 11) is 1.58. The molecule has 3 aromatic rings. The molecule has 2 aromatic heterocycles.